The van der Waals surface area contributed by atoms with E-state index in [0.29, 0.717) is 6.04 Å². The van der Waals surface area contributed by atoms with E-state index in [4.69, 9.17) is 5.73 Å². The van der Waals surface area contributed by atoms with Crippen molar-refractivity contribution in [3.05, 3.63) is 18.0 Å². The predicted molar refractivity (Wildman–Crippen MR) is 49.9 cm³/mol. The minimum Gasteiger partial charge on any atom is -0.328 e. The molecular weight excluding hydrogens is 150 g/mol. The molecule has 68 valence electrons. The summed E-state index contributed by atoms with van der Waals surface area (Å²) in [7, 11) is 0. The molecule has 1 rings (SSSR count). The highest BCUT2D eigenvalue weighted by atomic mass is 15.3. The van der Waals surface area contributed by atoms with Crippen LogP contribution in [0.4, 0.5) is 0 Å². The molecule has 0 amide bonds. The largest absolute Gasteiger partial charge is 0.328 e. The quantitative estimate of drug-likeness (QED) is 0.741. The third-order valence-electron chi connectivity index (χ3n) is 1.90. The van der Waals surface area contributed by atoms with Crippen LogP contribution >= 0.6 is 0 Å². The van der Waals surface area contributed by atoms with Crippen LogP contribution in [-0.4, -0.2) is 15.8 Å². The molecule has 2 N–H and O–H groups in total. The first-order valence-corrected chi connectivity index (χ1v) is 4.36. The number of rotatable bonds is 3. The van der Waals surface area contributed by atoms with E-state index in [1.54, 1.807) is 0 Å². The zero-order valence-corrected chi connectivity index (χ0v) is 7.99. The van der Waals surface area contributed by atoms with Crippen LogP contribution in [0.25, 0.3) is 0 Å². The summed E-state index contributed by atoms with van der Waals surface area (Å²) in [6, 6.07) is 0.642. The van der Waals surface area contributed by atoms with E-state index >= 15 is 0 Å². The van der Waals surface area contributed by atoms with Crippen molar-refractivity contribution in [2.75, 3.05) is 0 Å². The van der Waals surface area contributed by atoms with Gasteiger partial charge in [-0.2, -0.15) is 5.10 Å². The third-order valence-corrected chi connectivity index (χ3v) is 1.90. The molecule has 1 aromatic heterocycles. The Morgan fingerprint density at radius 2 is 2.25 bits per heavy atom. The Morgan fingerprint density at radius 3 is 2.67 bits per heavy atom. The summed E-state index contributed by atoms with van der Waals surface area (Å²) in [5.74, 6) is 0. The maximum Gasteiger partial charge on any atom is 0.0519 e. The predicted octanol–water partition coefficient (Wildman–Crippen LogP) is 1.49. The molecule has 1 heterocycles. The molecule has 3 nitrogen and oxygen atoms in total. The van der Waals surface area contributed by atoms with Crippen molar-refractivity contribution in [2.24, 2.45) is 5.73 Å². The molecule has 0 saturated carbocycles. The number of aryl methyl sites for hydroxylation is 1. The van der Waals surface area contributed by atoms with Gasteiger partial charge in [-0.15, -0.1) is 0 Å². The molecule has 2 atom stereocenters. The van der Waals surface area contributed by atoms with Crippen LogP contribution in [-0.2, 0) is 0 Å². The summed E-state index contributed by atoms with van der Waals surface area (Å²) in [4.78, 5) is 0. The minimum absolute atomic E-state index is 0.240. The molecule has 1 aromatic rings. The number of nitrogens with two attached hydrogens (primary N) is 1. The van der Waals surface area contributed by atoms with E-state index in [-0.39, 0.29) is 6.04 Å². The molecule has 0 bridgehead atoms. The SMILES string of the molecule is Cc1cnn(C(C)CC(C)N)c1. The fraction of sp³-hybridized carbons (Fsp3) is 0.667. The van der Waals surface area contributed by atoms with E-state index in [0.717, 1.165) is 6.42 Å². The Hall–Kier alpha value is -0.830. The summed E-state index contributed by atoms with van der Waals surface area (Å²) < 4.78 is 1.97. The molecule has 0 aliphatic rings. The first-order valence-electron chi connectivity index (χ1n) is 4.36. The van der Waals surface area contributed by atoms with Gasteiger partial charge < -0.3 is 5.73 Å². The van der Waals surface area contributed by atoms with E-state index < -0.39 is 0 Å². The Labute approximate surface area is 73.6 Å². The second kappa shape index (κ2) is 3.72. The lowest BCUT2D eigenvalue weighted by molar-refractivity contribution is 0.428. The van der Waals surface area contributed by atoms with Crippen molar-refractivity contribution in [3.63, 3.8) is 0 Å². The highest BCUT2D eigenvalue weighted by Crippen LogP contribution is 2.11. The average Bonchev–Trinajstić information content (AvgIpc) is 2.34. The van der Waals surface area contributed by atoms with Gasteiger partial charge in [-0.05, 0) is 32.8 Å². The van der Waals surface area contributed by atoms with Gasteiger partial charge in [0.25, 0.3) is 0 Å². The lowest BCUT2D eigenvalue weighted by Crippen LogP contribution is -2.20. The van der Waals surface area contributed by atoms with Crippen LogP contribution < -0.4 is 5.73 Å². The lowest BCUT2D eigenvalue weighted by atomic mass is 10.1. The number of hydrogen-bond donors (Lipinski definition) is 1. The van der Waals surface area contributed by atoms with E-state index in [2.05, 4.69) is 12.0 Å². The molecule has 0 fully saturated rings. The molecule has 12 heavy (non-hydrogen) atoms. The molecule has 0 saturated heterocycles. The smallest absolute Gasteiger partial charge is 0.0519 e. The Morgan fingerprint density at radius 1 is 1.58 bits per heavy atom. The highest BCUT2D eigenvalue weighted by molar-refractivity contribution is 5.00. The molecule has 3 heteroatoms. The molecule has 0 aliphatic heterocycles. The van der Waals surface area contributed by atoms with Crippen LogP contribution in [0, 0.1) is 6.92 Å². The van der Waals surface area contributed by atoms with Gasteiger partial charge in [0.1, 0.15) is 0 Å². The van der Waals surface area contributed by atoms with Crippen LogP contribution in [0.3, 0.4) is 0 Å². The van der Waals surface area contributed by atoms with Crippen molar-refractivity contribution in [1.29, 1.82) is 0 Å². The number of hydrogen-bond acceptors (Lipinski definition) is 2. The second-order valence-electron chi connectivity index (χ2n) is 3.56. The summed E-state index contributed by atoms with van der Waals surface area (Å²) in [6.07, 6.45) is 4.89. The van der Waals surface area contributed by atoms with Gasteiger partial charge in [0.2, 0.25) is 0 Å². The maximum absolute atomic E-state index is 5.70. The van der Waals surface area contributed by atoms with Gasteiger partial charge in [0, 0.05) is 12.2 Å². The van der Waals surface area contributed by atoms with E-state index in [1.165, 1.54) is 5.56 Å². The third kappa shape index (κ3) is 2.34. The summed E-state index contributed by atoms with van der Waals surface area (Å²) in [5.41, 5.74) is 6.90. The van der Waals surface area contributed by atoms with Crippen molar-refractivity contribution in [2.45, 2.75) is 39.3 Å². The fourth-order valence-electron chi connectivity index (χ4n) is 1.32. The second-order valence-corrected chi connectivity index (χ2v) is 3.56. The zero-order chi connectivity index (χ0) is 9.14. The van der Waals surface area contributed by atoms with Crippen molar-refractivity contribution >= 4 is 0 Å². The standard InChI is InChI=1S/C9H17N3/c1-7-5-11-12(6-7)9(3)4-8(2)10/h5-6,8-9H,4,10H2,1-3H3. The molecule has 2 unspecified atom stereocenters. The first-order chi connectivity index (χ1) is 5.59. The molecule has 0 radical (unpaired) electrons. The van der Waals surface area contributed by atoms with Gasteiger partial charge in [-0.1, -0.05) is 0 Å². The highest BCUT2D eigenvalue weighted by Gasteiger charge is 2.07. The molecule has 0 aromatic carbocycles. The van der Waals surface area contributed by atoms with Crippen LogP contribution in [0.15, 0.2) is 12.4 Å². The fourth-order valence-corrected chi connectivity index (χ4v) is 1.32. The van der Waals surface area contributed by atoms with Crippen molar-refractivity contribution in [3.8, 4) is 0 Å². The summed E-state index contributed by atoms with van der Waals surface area (Å²) in [6.45, 7) is 6.20. The normalized spacial score (nSPS) is 16.0. The van der Waals surface area contributed by atoms with Crippen molar-refractivity contribution in [1.82, 2.24) is 9.78 Å². The van der Waals surface area contributed by atoms with E-state index in [1.807, 2.05) is 30.9 Å². The molecule has 0 aliphatic carbocycles. The summed E-state index contributed by atoms with van der Waals surface area (Å²) in [5, 5.41) is 4.23. The van der Waals surface area contributed by atoms with Gasteiger partial charge in [0.15, 0.2) is 0 Å². The monoisotopic (exact) mass is 167 g/mol. The van der Waals surface area contributed by atoms with Crippen LogP contribution in [0.1, 0.15) is 31.9 Å². The van der Waals surface area contributed by atoms with E-state index in [9.17, 15) is 0 Å². The number of aromatic nitrogens is 2. The Kier molecular flexibility index (Phi) is 2.87. The van der Waals surface area contributed by atoms with Gasteiger partial charge in [-0.3, -0.25) is 4.68 Å². The zero-order valence-electron chi connectivity index (χ0n) is 7.99. The van der Waals surface area contributed by atoms with Crippen LogP contribution in [0.5, 0.6) is 0 Å². The van der Waals surface area contributed by atoms with Gasteiger partial charge in [-0.25, -0.2) is 0 Å². The molecule has 0 spiro atoms. The van der Waals surface area contributed by atoms with Crippen molar-refractivity contribution < 1.29 is 0 Å². The molecular formula is C9H17N3. The summed E-state index contributed by atoms with van der Waals surface area (Å²) >= 11 is 0. The Bertz CT molecular complexity index is 240. The van der Waals surface area contributed by atoms with Gasteiger partial charge >= 0.3 is 0 Å². The maximum atomic E-state index is 5.70. The van der Waals surface area contributed by atoms with Gasteiger partial charge in [0.05, 0.1) is 12.2 Å². The minimum atomic E-state index is 0.240. The average molecular weight is 167 g/mol. The lowest BCUT2D eigenvalue weighted by Gasteiger charge is -2.13. The number of nitrogens with zero attached hydrogens (tertiary/aromatic N) is 2. The first kappa shape index (κ1) is 9.26. The Balaban J connectivity index is 2.58. The van der Waals surface area contributed by atoms with Crippen LogP contribution in [0.2, 0.25) is 0 Å². The topological polar surface area (TPSA) is 43.8 Å².